The molecule has 3 heteroatoms. The summed E-state index contributed by atoms with van der Waals surface area (Å²) in [5.41, 5.74) is 2.38. The fraction of sp³-hybridized carbons (Fsp3) is 0.286. The van der Waals surface area contributed by atoms with Crippen LogP contribution in [0.2, 0.25) is 0 Å². The minimum Gasteiger partial charge on any atom is -0.205 e. The number of rotatable bonds is 3. The number of halogens is 2. The Morgan fingerprint density at radius 3 is 2.12 bits per heavy atom. The zero-order valence-electron chi connectivity index (χ0n) is 9.78. The van der Waals surface area contributed by atoms with Gasteiger partial charge in [-0.2, -0.15) is 0 Å². The first-order valence-electron chi connectivity index (χ1n) is 5.55. The first kappa shape index (κ1) is 12.2. The van der Waals surface area contributed by atoms with Gasteiger partial charge >= 0.3 is 0 Å². The molecule has 0 aliphatic heterocycles. The smallest absolute Gasteiger partial charge is 0.205 e. The molecule has 0 radical (unpaired) electrons. The van der Waals surface area contributed by atoms with Gasteiger partial charge in [-0.15, -0.1) is 11.3 Å². The Balaban J connectivity index is 2.27. The highest BCUT2D eigenvalue weighted by atomic mass is 32.1. The van der Waals surface area contributed by atoms with E-state index in [1.54, 1.807) is 6.07 Å². The van der Waals surface area contributed by atoms with Gasteiger partial charge in [0, 0.05) is 15.8 Å². The van der Waals surface area contributed by atoms with Crippen LogP contribution in [0.15, 0.2) is 35.7 Å². The van der Waals surface area contributed by atoms with Gasteiger partial charge in [0.25, 0.3) is 6.43 Å². The molecule has 90 valence electrons. The number of alkyl halides is 2. The molecule has 0 unspecified atom stereocenters. The molecule has 0 amide bonds. The molecule has 0 aliphatic carbocycles. The van der Waals surface area contributed by atoms with E-state index >= 15 is 0 Å². The number of benzene rings is 1. The minimum atomic E-state index is -2.38. The molecular weight excluding hydrogens is 238 g/mol. The maximum absolute atomic E-state index is 12.5. The van der Waals surface area contributed by atoms with Crippen molar-refractivity contribution in [3.05, 3.63) is 46.8 Å². The molecule has 0 N–H and O–H groups in total. The lowest BCUT2D eigenvalue weighted by atomic mass is 10.0. The first-order chi connectivity index (χ1) is 8.08. The monoisotopic (exact) mass is 252 g/mol. The SMILES string of the molecule is CC(C)c1ccc(-c2cc(C(F)F)cs2)cc1. The summed E-state index contributed by atoms with van der Waals surface area (Å²) in [6.07, 6.45) is -2.38. The van der Waals surface area contributed by atoms with Gasteiger partial charge in [0.1, 0.15) is 0 Å². The summed E-state index contributed by atoms with van der Waals surface area (Å²) in [7, 11) is 0. The lowest BCUT2D eigenvalue weighted by molar-refractivity contribution is 0.152. The molecule has 0 nitrogen and oxygen atoms in total. The van der Waals surface area contributed by atoms with E-state index in [1.165, 1.54) is 22.3 Å². The molecule has 0 fully saturated rings. The third-order valence-electron chi connectivity index (χ3n) is 2.73. The zero-order valence-corrected chi connectivity index (χ0v) is 10.6. The summed E-state index contributed by atoms with van der Waals surface area (Å²) in [6.45, 7) is 4.27. The Kier molecular flexibility index (Phi) is 3.57. The maximum atomic E-state index is 12.5. The van der Waals surface area contributed by atoms with E-state index in [1.807, 2.05) is 12.1 Å². The Morgan fingerprint density at radius 1 is 1.00 bits per heavy atom. The van der Waals surface area contributed by atoms with Gasteiger partial charge in [-0.3, -0.25) is 0 Å². The van der Waals surface area contributed by atoms with Crippen LogP contribution in [-0.4, -0.2) is 0 Å². The fourth-order valence-corrected chi connectivity index (χ4v) is 2.56. The average molecular weight is 252 g/mol. The zero-order chi connectivity index (χ0) is 12.4. The van der Waals surface area contributed by atoms with Gasteiger partial charge in [-0.1, -0.05) is 38.1 Å². The lowest BCUT2D eigenvalue weighted by Gasteiger charge is -2.05. The van der Waals surface area contributed by atoms with Crippen molar-refractivity contribution < 1.29 is 8.78 Å². The minimum absolute atomic E-state index is 0.109. The second-order valence-corrected chi connectivity index (χ2v) is 5.23. The van der Waals surface area contributed by atoms with E-state index in [-0.39, 0.29) is 5.56 Å². The Hall–Kier alpha value is -1.22. The van der Waals surface area contributed by atoms with Crippen LogP contribution in [0.1, 0.15) is 37.3 Å². The van der Waals surface area contributed by atoms with Crippen molar-refractivity contribution >= 4 is 11.3 Å². The van der Waals surface area contributed by atoms with Crippen molar-refractivity contribution in [2.24, 2.45) is 0 Å². The largest absolute Gasteiger partial charge is 0.264 e. The second-order valence-electron chi connectivity index (χ2n) is 4.32. The molecule has 1 heterocycles. The van der Waals surface area contributed by atoms with Crippen molar-refractivity contribution in [2.45, 2.75) is 26.2 Å². The number of thiophene rings is 1. The van der Waals surface area contributed by atoms with Gasteiger partial charge in [0.2, 0.25) is 0 Å². The van der Waals surface area contributed by atoms with Crippen molar-refractivity contribution in [1.29, 1.82) is 0 Å². The molecule has 0 saturated heterocycles. The summed E-state index contributed by atoms with van der Waals surface area (Å²) >= 11 is 1.37. The maximum Gasteiger partial charge on any atom is 0.264 e. The third kappa shape index (κ3) is 2.72. The number of hydrogen-bond acceptors (Lipinski definition) is 1. The highest BCUT2D eigenvalue weighted by Crippen LogP contribution is 2.32. The van der Waals surface area contributed by atoms with E-state index < -0.39 is 6.43 Å². The molecule has 0 aliphatic rings. The van der Waals surface area contributed by atoms with Crippen LogP contribution in [-0.2, 0) is 0 Å². The van der Waals surface area contributed by atoms with E-state index in [4.69, 9.17) is 0 Å². The molecule has 0 spiro atoms. The molecule has 1 aromatic heterocycles. The summed E-state index contributed by atoms with van der Waals surface area (Å²) in [5, 5.41) is 1.52. The topological polar surface area (TPSA) is 0 Å². The normalized spacial score (nSPS) is 11.4. The molecule has 0 atom stereocenters. The van der Waals surface area contributed by atoms with Gasteiger partial charge in [0.05, 0.1) is 0 Å². The van der Waals surface area contributed by atoms with Crippen LogP contribution in [0.3, 0.4) is 0 Å². The quantitative estimate of drug-likeness (QED) is 0.679. The van der Waals surface area contributed by atoms with E-state index in [9.17, 15) is 8.78 Å². The van der Waals surface area contributed by atoms with Crippen LogP contribution in [0, 0.1) is 0 Å². The summed E-state index contributed by atoms with van der Waals surface area (Å²) in [6, 6.07) is 9.68. The lowest BCUT2D eigenvalue weighted by Crippen LogP contribution is -1.85. The Morgan fingerprint density at radius 2 is 1.65 bits per heavy atom. The second kappa shape index (κ2) is 4.96. The van der Waals surface area contributed by atoms with Crippen LogP contribution in [0.25, 0.3) is 10.4 Å². The Bertz CT molecular complexity index is 483. The standard InChI is InChI=1S/C14H14F2S/c1-9(2)10-3-5-11(6-4-10)13-7-12(8-17-13)14(15)16/h3-9,14H,1-2H3. The highest BCUT2D eigenvalue weighted by molar-refractivity contribution is 7.13. The van der Waals surface area contributed by atoms with Crippen LogP contribution in [0.4, 0.5) is 8.78 Å². The van der Waals surface area contributed by atoms with Gasteiger partial charge in [-0.05, 0) is 23.1 Å². The van der Waals surface area contributed by atoms with E-state index in [0.29, 0.717) is 5.92 Å². The molecule has 17 heavy (non-hydrogen) atoms. The summed E-state index contributed by atoms with van der Waals surface area (Å²) in [4.78, 5) is 0.899. The molecular formula is C14H14F2S. The van der Waals surface area contributed by atoms with Crippen molar-refractivity contribution in [1.82, 2.24) is 0 Å². The average Bonchev–Trinajstić information content (AvgIpc) is 2.78. The number of hydrogen-bond donors (Lipinski definition) is 0. The van der Waals surface area contributed by atoms with Crippen molar-refractivity contribution in [3.63, 3.8) is 0 Å². The molecule has 2 rings (SSSR count). The molecule has 0 saturated carbocycles. The van der Waals surface area contributed by atoms with Crippen molar-refractivity contribution in [2.75, 3.05) is 0 Å². The predicted octanol–water partition coefficient (Wildman–Crippen LogP) is 5.48. The van der Waals surface area contributed by atoms with Crippen molar-refractivity contribution in [3.8, 4) is 10.4 Å². The van der Waals surface area contributed by atoms with Crippen LogP contribution < -0.4 is 0 Å². The van der Waals surface area contributed by atoms with Gasteiger partial charge in [-0.25, -0.2) is 8.78 Å². The molecule has 1 aromatic carbocycles. The van der Waals surface area contributed by atoms with Crippen LogP contribution >= 0.6 is 11.3 Å². The summed E-state index contributed by atoms with van der Waals surface area (Å²) < 4.78 is 24.9. The first-order valence-corrected chi connectivity index (χ1v) is 6.43. The van der Waals surface area contributed by atoms with E-state index in [0.717, 1.165) is 10.4 Å². The molecule has 2 aromatic rings. The highest BCUT2D eigenvalue weighted by Gasteiger charge is 2.10. The van der Waals surface area contributed by atoms with E-state index in [2.05, 4.69) is 26.0 Å². The predicted molar refractivity (Wildman–Crippen MR) is 68.8 cm³/mol. The van der Waals surface area contributed by atoms with Gasteiger partial charge in [0.15, 0.2) is 0 Å². The summed E-state index contributed by atoms with van der Waals surface area (Å²) in [5.74, 6) is 0.490. The Labute approximate surface area is 104 Å². The molecule has 0 bridgehead atoms. The van der Waals surface area contributed by atoms with Crippen LogP contribution in [0.5, 0.6) is 0 Å². The van der Waals surface area contributed by atoms with Gasteiger partial charge < -0.3 is 0 Å². The fourth-order valence-electron chi connectivity index (χ4n) is 1.65. The third-order valence-corrected chi connectivity index (χ3v) is 3.73.